The van der Waals surface area contributed by atoms with E-state index >= 15 is 0 Å². The van der Waals surface area contributed by atoms with Crippen molar-refractivity contribution in [2.45, 2.75) is 12.8 Å². The number of ether oxygens (including phenoxy) is 3. The molecule has 19 heavy (non-hydrogen) atoms. The third-order valence-electron chi connectivity index (χ3n) is 2.84. The molecule has 1 N–H and O–H groups in total. The molecule has 1 aliphatic carbocycles. The van der Waals surface area contributed by atoms with Crippen LogP contribution in [0.2, 0.25) is 0 Å². The van der Waals surface area contributed by atoms with Crippen molar-refractivity contribution in [3.8, 4) is 23.3 Å². The molecular weight excluding hydrogens is 244 g/mol. The molecule has 0 bridgehead atoms. The third-order valence-corrected chi connectivity index (χ3v) is 2.84. The fourth-order valence-electron chi connectivity index (χ4n) is 1.60. The molecule has 0 spiro atoms. The van der Waals surface area contributed by atoms with Crippen molar-refractivity contribution in [1.29, 1.82) is 0 Å². The van der Waals surface area contributed by atoms with Gasteiger partial charge in [-0.05, 0) is 37.0 Å². The molecule has 0 heterocycles. The van der Waals surface area contributed by atoms with E-state index in [1.54, 1.807) is 25.3 Å². The van der Waals surface area contributed by atoms with Crippen molar-refractivity contribution in [2.24, 2.45) is 5.92 Å². The number of aliphatic hydroxyl groups is 1. The molecule has 0 aromatic heterocycles. The molecular formula is C15H18O4. The van der Waals surface area contributed by atoms with E-state index in [0.29, 0.717) is 23.0 Å². The number of benzene rings is 1. The standard InChI is InChI=1S/C15H18O4/c1-17-14-6-7-15(13(9-14)3-2-8-16)19-11-18-10-12-4-5-12/h6-7,9,12,16H,4-5,8,10-11H2,1H3. The summed E-state index contributed by atoms with van der Waals surface area (Å²) in [7, 11) is 1.60. The Kier molecular flexibility index (Phi) is 5.08. The van der Waals surface area contributed by atoms with E-state index in [1.165, 1.54) is 12.8 Å². The molecule has 0 radical (unpaired) electrons. The molecule has 0 unspecified atom stereocenters. The van der Waals surface area contributed by atoms with Crippen LogP contribution < -0.4 is 9.47 Å². The molecule has 0 saturated heterocycles. The molecule has 0 atom stereocenters. The topological polar surface area (TPSA) is 47.9 Å². The van der Waals surface area contributed by atoms with Gasteiger partial charge in [0, 0.05) is 0 Å². The van der Waals surface area contributed by atoms with Gasteiger partial charge < -0.3 is 19.3 Å². The zero-order valence-electron chi connectivity index (χ0n) is 11.0. The van der Waals surface area contributed by atoms with Crippen LogP contribution >= 0.6 is 0 Å². The van der Waals surface area contributed by atoms with Gasteiger partial charge in [-0.25, -0.2) is 0 Å². The van der Waals surface area contributed by atoms with Gasteiger partial charge in [0.1, 0.15) is 18.1 Å². The van der Waals surface area contributed by atoms with Crippen molar-refractivity contribution in [1.82, 2.24) is 0 Å². The monoisotopic (exact) mass is 262 g/mol. The Morgan fingerprint density at radius 3 is 2.89 bits per heavy atom. The SMILES string of the molecule is COc1ccc(OCOCC2CC2)c(C#CCO)c1. The van der Waals surface area contributed by atoms with Crippen LogP contribution in [-0.4, -0.2) is 32.2 Å². The van der Waals surface area contributed by atoms with Gasteiger partial charge in [-0.15, -0.1) is 0 Å². The van der Waals surface area contributed by atoms with E-state index in [2.05, 4.69) is 11.8 Å². The fourth-order valence-corrected chi connectivity index (χ4v) is 1.60. The lowest BCUT2D eigenvalue weighted by Gasteiger charge is -2.10. The summed E-state index contributed by atoms with van der Waals surface area (Å²) in [5.41, 5.74) is 0.684. The predicted molar refractivity (Wildman–Crippen MR) is 71.1 cm³/mol. The highest BCUT2D eigenvalue weighted by Crippen LogP contribution is 2.29. The van der Waals surface area contributed by atoms with Crippen LogP contribution in [-0.2, 0) is 4.74 Å². The van der Waals surface area contributed by atoms with Crippen LogP contribution in [0.15, 0.2) is 18.2 Å². The largest absolute Gasteiger partial charge is 0.497 e. The van der Waals surface area contributed by atoms with Crippen molar-refractivity contribution in [2.75, 3.05) is 27.1 Å². The molecule has 0 amide bonds. The minimum Gasteiger partial charge on any atom is -0.497 e. The fraction of sp³-hybridized carbons (Fsp3) is 0.467. The van der Waals surface area contributed by atoms with E-state index in [1.807, 2.05) is 0 Å². The summed E-state index contributed by atoms with van der Waals surface area (Å²) in [6.45, 7) is 0.791. The lowest BCUT2D eigenvalue weighted by atomic mass is 10.2. The van der Waals surface area contributed by atoms with Crippen LogP contribution in [0.25, 0.3) is 0 Å². The first-order valence-corrected chi connectivity index (χ1v) is 6.32. The third kappa shape index (κ3) is 4.47. The van der Waals surface area contributed by atoms with Gasteiger partial charge in [0.05, 0.1) is 19.3 Å². The van der Waals surface area contributed by atoms with Gasteiger partial charge in [0.25, 0.3) is 0 Å². The van der Waals surface area contributed by atoms with Crippen molar-refractivity contribution in [3.05, 3.63) is 23.8 Å². The van der Waals surface area contributed by atoms with E-state index < -0.39 is 0 Å². The number of rotatable bonds is 6. The molecule has 0 aliphatic heterocycles. The molecule has 1 aromatic rings. The van der Waals surface area contributed by atoms with Crippen molar-refractivity contribution >= 4 is 0 Å². The first-order valence-electron chi connectivity index (χ1n) is 6.32. The van der Waals surface area contributed by atoms with Gasteiger partial charge in [-0.3, -0.25) is 0 Å². The maximum Gasteiger partial charge on any atom is 0.189 e. The molecule has 1 aliphatic rings. The Hall–Kier alpha value is -1.70. The van der Waals surface area contributed by atoms with E-state index in [4.69, 9.17) is 19.3 Å². The smallest absolute Gasteiger partial charge is 0.189 e. The summed E-state index contributed by atoms with van der Waals surface area (Å²) < 4.78 is 16.1. The Bertz CT molecular complexity index is 469. The van der Waals surface area contributed by atoms with E-state index in [0.717, 1.165) is 6.61 Å². The number of hydrogen-bond acceptors (Lipinski definition) is 4. The van der Waals surface area contributed by atoms with Crippen molar-refractivity contribution < 1.29 is 19.3 Å². The zero-order valence-corrected chi connectivity index (χ0v) is 11.0. The first-order chi connectivity index (χ1) is 9.33. The Labute approximate surface area is 113 Å². The van der Waals surface area contributed by atoms with Gasteiger partial charge in [0.15, 0.2) is 6.79 Å². The Morgan fingerprint density at radius 1 is 1.37 bits per heavy atom. The predicted octanol–water partition coefficient (Wildman–Crippen LogP) is 1.80. The zero-order chi connectivity index (χ0) is 13.5. The summed E-state index contributed by atoms with van der Waals surface area (Å²) in [5.74, 6) is 7.50. The second-order valence-corrected chi connectivity index (χ2v) is 4.40. The molecule has 1 aromatic carbocycles. The maximum absolute atomic E-state index is 8.76. The van der Waals surface area contributed by atoms with Gasteiger partial charge in [-0.2, -0.15) is 0 Å². The van der Waals surface area contributed by atoms with Crippen molar-refractivity contribution in [3.63, 3.8) is 0 Å². The summed E-state index contributed by atoms with van der Waals surface area (Å²) >= 11 is 0. The highest BCUT2D eigenvalue weighted by atomic mass is 16.7. The lowest BCUT2D eigenvalue weighted by molar-refractivity contribution is 0.00980. The molecule has 1 saturated carbocycles. The van der Waals surface area contributed by atoms with E-state index in [-0.39, 0.29) is 13.4 Å². The van der Waals surface area contributed by atoms with Crippen LogP contribution in [0.3, 0.4) is 0 Å². The van der Waals surface area contributed by atoms with Crippen LogP contribution in [0.4, 0.5) is 0 Å². The highest BCUT2D eigenvalue weighted by molar-refractivity contribution is 5.50. The Balaban J connectivity index is 1.95. The number of methoxy groups -OCH3 is 1. The van der Waals surface area contributed by atoms with Gasteiger partial charge in [0.2, 0.25) is 0 Å². The minimum atomic E-state index is -0.186. The van der Waals surface area contributed by atoms with Crippen LogP contribution in [0.1, 0.15) is 18.4 Å². The van der Waals surface area contributed by atoms with Crippen LogP contribution in [0, 0.1) is 17.8 Å². The summed E-state index contributed by atoms with van der Waals surface area (Å²) in [4.78, 5) is 0. The second kappa shape index (κ2) is 7.03. The first kappa shape index (κ1) is 13.7. The summed E-state index contributed by atoms with van der Waals surface area (Å²) in [6, 6.07) is 5.37. The molecule has 2 rings (SSSR count). The number of aliphatic hydroxyl groups excluding tert-OH is 1. The number of hydrogen-bond donors (Lipinski definition) is 1. The average Bonchev–Trinajstić information content (AvgIpc) is 3.26. The maximum atomic E-state index is 8.76. The highest BCUT2D eigenvalue weighted by Gasteiger charge is 2.21. The quantitative estimate of drug-likeness (QED) is 0.482. The lowest BCUT2D eigenvalue weighted by Crippen LogP contribution is -2.06. The normalized spacial score (nSPS) is 13.6. The van der Waals surface area contributed by atoms with Crippen LogP contribution in [0.5, 0.6) is 11.5 Å². The Morgan fingerprint density at radius 2 is 2.21 bits per heavy atom. The average molecular weight is 262 g/mol. The molecule has 4 nitrogen and oxygen atoms in total. The minimum absolute atomic E-state index is 0.186. The molecule has 102 valence electrons. The van der Waals surface area contributed by atoms with Gasteiger partial charge >= 0.3 is 0 Å². The van der Waals surface area contributed by atoms with Gasteiger partial charge in [-0.1, -0.05) is 11.8 Å². The van der Waals surface area contributed by atoms with E-state index in [9.17, 15) is 0 Å². The molecule has 4 heteroatoms. The second-order valence-electron chi connectivity index (χ2n) is 4.40. The summed E-state index contributed by atoms with van der Waals surface area (Å²) in [5, 5.41) is 8.76. The molecule has 1 fully saturated rings. The summed E-state index contributed by atoms with van der Waals surface area (Å²) in [6.07, 6.45) is 2.52.